The second-order valence-corrected chi connectivity index (χ2v) is 1.96. The zero-order valence-corrected chi connectivity index (χ0v) is 5.97. The Balaban J connectivity index is 2.84. The zero-order chi connectivity index (χ0) is 8.97. The van der Waals surface area contributed by atoms with Crippen molar-refractivity contribution in [3.8, 4) is 0 Å². The molecular weight excluding hydrogens is 162 g/mol. The molecule has 0 atom stereocenters. The molecule has 0 amide bonds. The van der Waals surface area contributed by atoms with E-state index in [1.165, 1.54) is 18.2 Å². The third-order valence-electron chi connectivity index (χ3n) is 1.16. The van der Waals surface area contributed by atoms with Crippen molar-refractivity contribution in [1.82, 2.24) is 0 Å². The molecule has 1 heterocycles. The van der Waals surface area contributed by atoms with E-state index in [9.17, 15) is 14.9 Å². The molecule has 1 aromatic rings. The molecule has 0 aromatic carbocycles. The summed E-state index contributed by atoms with van der Waals surface area (Å²) in [5, 5.41) is 10.1. The summed E-state index contributed by atoms with van der Waals surface area (Å²) < 4.78 is 4.74. The van der Waals surface area contributed by atoms with E-state index in [1.807, 2.05) is 0 Å². The maximum atomic E-state index is 10.1. The third-order valence-corrected chi connectivity index (χ3v) is 1.16. The highest BCUT2D eigenvalue weighted by atomic mass is 16.6. The van der Waals surface area contributed by atoms with Crippen LogP contribution in [0.15, 0.2) is 22.8 Å². The number of hydrogen-bond acceptors (Lipinski definition) is 4. The normalized spacial score (nSPS) is 10.3. The van der Waals surface area contributed by atoms with E-state index in [2.05, 4.69) is 0 Å². The fourth-order valence-electron chi connectivity index (χ4n) is 0.659. The van der Waals surface area contributed by atoms with Crippen LogP contribution in [-0.2, 0) is 4.79 Å². The van der Waals surface area contributed by atoms with Crippen molar-refractivity contribution in [2.45, 2.75) is 0 Å². The third kappa shape index (κ3) is 1.79. The van der Waals surface area contributed by atoms with Crippen LogP contribution in [0.25, 0.3) is 6.08 Å². The van der Waals surface area contributed by atoms with Gasteiger partial charge in [-0.05, 0) is 12.2 Å². The molecule has 1 rings (SSSR count). The highest BCUT2D eigenvalue weighted by Crippen LogP contribution is 2.16. The molecule has 0 saturated carbocycles. The van der Waals surface area contributed by atoms with E-state index in [-0.39, 0.29) is 11.4 Å². The Labute approximate surface area is 67.4 Å². The number of rotatable bonds is 3. The molecule has 0 unspecified atom stereocenters. The number of carbonyl (C=O) groups excluding carboxylic acids is 1. The van der Waals surface area contributed by atoms with E-state index in [1.54, 1.807) is 0 Å². The summed E-state index contributed by atoms with van der Waals surface area (Å²) in [7, 11) is 0. The number of nitro groups is 1. The summed E-state index contributed by atoms with van der Waals surface area (Å²) in [4.78, 5) is 19.4. The molecule has 5 heteroatoms. The van der Waals surface area contributed by atoms with Crippen LogP contribution in [0.5, 0.6) is 0 Å². The minimum atomic E-state index is -0.568. The van der Waals surface area contributed by atoms with Gasteiger partial charge in [-0.1, -0.05) is 0 Å². The maximum Gasteiger partial charge on any atom is 0.307 e. The van der Waals surface area contributed by atoms with Gasteiger partial charge in [0.25, 0.3) is 0 Å². The molecule has 0 bridgehead atoms. The summed E-state index contributed by atoms with van der Waals surface area (Å²) in [6, 6.07) is 1.24. The molecule has 0 saturated heterocycles. The number of aldehydes is 1. The maximum absolute atomic E-state index is 10.1. The molecule has 0 N–H and O–H groups in total. The first-order chi connectivity index (χ1) is 5.74. The van der Waals surface area contributed by atoms with Crippen LogP contribution in [0, 0.1) is 10.1 Å². The number of hydrogen-bond donors (Lipinski definition) is 0. The smallest absolute Gasteiger partial charge is 0.307 e. The molecule has 0 spiro atoms. The summed E-state index contributed by atoms with van der Waals surface area (Å²) in [5.41, 5.74) is -0.124. The van der Waals surface area contributed by atoms with Crippen LogP contribution in [0.3, 0.4) is 0 Å². The van der Waals surface area contributed by atoms with Gasteiger partial charge in [0.05, 0.1) is 11.0 Å². The van der Waals surface area contributed by atoms with Crippen molar-refractivity contribution in [2.75, 3.05) is 0 Å². The molecule has 0 fully saturated rings. The highest BCUT2D eigenvalue weighted by molar-refractivity contribution is 5.72. The predicted molar refractivity (Wildman–Crippen MR) is 40.5 cm³/mol. The second kappa shape index (κ2) is 3.47. The SMILES string of the molecule is O=C/C=C/c1cc([N+](=O)[O-])co1. The summed E-state index contributed by atoms with van der Waals surface area (Å²) >= 11 is 0. The Morgan fingerprint density at radius 1 is 1.58 bits per heavy atom. The molecule has 0 aliphatic heterocycles. The summed E-state index contributed by atoms with van der Waals surface area (Å²) in [5.74, 6) is 0.286. The van der Waals surface area contributed by atoms with Crippen molar-refractivity contribution >= 4 is 18.0 Å². The zero-order valence-electron chi connectivity index (χ0n) is 5.97. The van der Waals surface area contributed by atoms with E-state index in [4.69, 9.17) is 4.42 Å². The Hall–Kier alpha value is -1.91. The van der Waals surface area contributed by atoms with E-state index >= 15 is 0 Å². The van der Waals surface area contributed by atoms with Gasteiger partial charge in [0.1, 0.15) is 12.0 Å². The number of allylic oxidation sites excluding steroid dienone is 1. The first kappa shape index (κ1) is 8.19. The Kier molecular flexibility index (Phi) is 2.37. The number of nitrogens with zero attached hydrogens (tertiary/aromatic N) is 1. The van der Waals surface area contributed by atoms with Gasteiger partial charge in [0.2, 0.25) is 0 Å². The molecule has 0 aliphatic rings. The monoisotopic (exact) mass is 167 g/mol. The molecule has 0 aliphatic carbocycles. The Morgan fingerprint density at radius 3 is 2.83 bits per heavy atom. The summed E-state index contributed by atoms with van der Waals surface area (Å²) in [6.45, 7) is 0. The van der Waals surface area contributed by atoms with Gasteiger partial charge in [-0.25, -0.2) is 0 Å². The quantitative estimate of drug-likeness (QED) is 0.295. The number of carbonyl (C=O) groups is 1. The molecule has 1 aromatic heterocycles. The van der Waals surface area contributed by atoms with Gasteiger partial charge in [0, 0.05) is 0 Å². The topological polar surface area (TPSA) is 73.3 Å². The fraction of sp³-hybridized carbons (Fsp3) is 0. The lowest BCUT2D eigenvalue weighted by molar-refractivity contribution is -0.385. The van der Waals surface area contributed by atoms with Crippen LogP contribution in [-0.4, -0.2) is 11.2 Å². The van der Waals surface area contributed by atoms with Crippen LogP contribution in [0.1, 0.15) is 5.76 Å². The average molecular weight is 167 g/mol. The lowest BCUT2D eigenvalue weighted by atomic mass is 10.4. The number of furan rings is 1. The largest absolute Gasteiger partial charge is 0.458 e. The Morgan fingerprint density at radius 2 is 2.33 bits per heavy atom. The minimum Gasteiger partial charge on any atom is -0.458 e. The van der Waals surface area contributed by atoms with Gasteiger partial charge in [0.15, 0.2) is 6.26 Å². The molecule has 0 radical (unpaired) electrons. The highest BCUT2D eigenvalue weighted by Gasteiger charge is 2.08. The van der Waals surface area contributed by atoms with Crippen LogP contribution >= 0.6 is 0 Å². The van der Waals surface area contributed by atoms with Crippen molar-refractivity contribution in [1.29, 1.82) is 0 Å². The van der Waals surface area contributed by atoms with E-state index in [0.717, 1.165) is 6.26 Å². The van der Waals surface area contributed by atoms with Crippen LogP contribution in [0.4, 0.5) is 5.69 Å². The second-order valence-electron chi connectivity index (χ2n) is 1.96. The average Bonchev–Trinajstić information content (AvgIpc) is 2.48. The molecule has 62 valence electrons. The molecular formula is C7H5NO4. The standard InChI is InChI=1S/C7H5NO4/c9-3-1-2-7-4-6(5-12-7)8(10)11/h1-5H/b2-1+. The van der Waals surface area contributed by atoms with E-state index < -0.39 is 4.92 Å². The van der Waals surface area contributed by atoms with Crippen molar-refractivity contribution in [3.63, 3.8) is 0 Å². The van der Waals surface area contributed by atoms with Gasteiger partial charge in [-0.15, -0.1) is 0 Å². The predicted octanol–water partition coefficient (Wildman–Crippen LogP) is 1.40. The van der Waals surface area contributed by atoms with Crippen LogP contribution in [0.2, 0.25) is 0 Å². The van der Waals surface area contributed by atoms with Gasteiger partial charge in [-0.2, -0.15) is 0 Å². The summed E-state index contributed by atoms with van der Waals surface area (Å²) in [6.07, 6.45) is 4.13. The first-order valence-corrected chi connectivity index (χ1v) is 3.09. The van der Waals surface area contributed by atoms with Gasteiger partial charge in [-0.3, -0.25) is 14.9 Å². The lowest BCUT2D eigenvalue weighted by Gasteiger charge is -1.77. The van der Waals surface area contributed by atoms with Gasteiger partial charge >= 0.3 is 5.69 Å². The minimum absolute atomic E-state index is 0.124. The van der Waals surface area contributed by atoms with Crippen molar-refractivity contribution in [2.24, 2.45) is 0 Å². The van der Waals surface area contributed by atoms with Crippen LogP contribution < -0.4 is 0 Å². The lowest BCUT2D eigenvalue weighted by Crippen LogP contribution is -1.82. The molecule has 5 nitrogen and oxygen atoms in total. The van der Waals surface area contributed by atoms with Gasteiger partial charge < -0.3 is 4.42 Å². The Bertz CT molecular complexity index is 326. The van der Waals surface area contributed by atoms with E-state index in [0.29, 0.717) is 6.29 Å². The van der Waals surface area contributed by atoms with Crippen molar-refractivity contribution < 1.29 is 14.1 Å². The van der Waals surface area contributed by atoms with Crippen molar-refractivity contribution in [3.05, 3.63) is 34.3 Å². The first-order valence-electron chi connectivity index (χ1n) is 3.09. The molecule has 12 heavy (non-hydrogen) atoms. The fourth-order valence-corrected chi connectivity index (χ4v) is 0.659.